The average Bonchev–Trinajstić information content (AvgIpc) is 2.85. The molecule has 0 aliphatic rings. The molecule has 0 fully saturated rings. The molecule has 0 aliphatic carbocycles. The summed E-state index contributed by atoms with van der Waals surface area (Å²) in [6.45, 7) is 5.11. The summed E-state index contributed by atoms with van der Waals surface area (Å²) in [6, 6.07) is 3.72. The molecule has 23 heavy (non-hydrogen) atoms. The number of aromatic nitrogens is 1. The minimum atomic E-state index is -1.28. The highest BCUT2D eigenvalue weighted by Crippen LogP contribution is 2.28. The molecule has 1 amide bonds. The Morgan fingerprint density at radius 2 is 2.04 bits per heavy atom. The SMILES string of the molecule is CC(C)(C)OC(=O)Nc1ccc(-c2oncc2C(=O)O)c(F)c1. The van der Waals surface area contributed by atoms with E-state index in [-0.39, 0.29) is 22.6 Å². The van der Waals surface area contributed by atoms with E-state index in [1.165, 1.54) is 12.1 Å². The van der Waals surface area contributed by atoms with E-state index < -0.39 is 23.5 Å². The van der Waals surface area contributed by atoms with Gasteiger partial charge in [0.05, 0.1) is 11.8 Å². The Morgan fingerprint density at radius 1 is 1.35 bits per heavy atom. The molecule has 0 spiro atoms. The molecule has 2 rings (SSSR count). The maximum atomic E-state index is 14.2. The summed E-state index contributed by atoms with van der Waals surface area (Å²) in [4.78, 5) is 22.7. The van der Waals surface area contributed by atoms with Gasteiger partial charge >= 0.3 is 12.1 Å². The Labute approximate surface area is 131 Å². The molecule has 2 aromatic rings. The lowest BCUT2D eigenvalue weighted by atomic mass is 10.1. The summed E-state index contributed by atoms with van der Waals surface area (Å²) in [5, 5.41) is 14.7. The minimum Gasteiger partial charge on any atom is -0.477 e. The number of halogens is 1. The van der Waals surface area contributed by atoms with Gasteiger partial charge in [0.25, 0.3) is 0 Å². The smallest absolute Gasteiger partial charge is 0.412 e. The molecule has 0 bridgehead atoms. The Hall–Kier alpha value is -2.90. The van der Waals surface area contributed by atoms with E-state index in [9.17, 15) is 14.0 Å². The number of aromatic carboxylic acids is 1. The lowest BCUT2D eigenvalue weighted by Gasteiger charge is -2.19. The number of benzene rings is 1. The number of amides is 1. The van der Waals surface area contributed by atoms with E-state index in [4.69, 9.17) is 14.4 Å². The molecule has 8 heteroatoms. The standard InChI is InChI=1S/C15H15FN2O5/c1-15(2,3)22-14(21)18-8-4-5-9(11(16)6-8)12-10(13(19)20)7-17-23-12/h4-7H,1-3H3,(H,18,21)(H,19,20). The van der Waals surface area contributed by atoms with Crippen molar-refractivity contribution in [3.05, 3.63) is 35.8 Å². The molecule has 0 saturated heterocycles. The summed E-state index contributed by atoms with van der Waals surface area (Å²) in [6.07, 6.45) is 0.264. The van der Waals surface area contributed by atoms with E-state index in [0.29, 0.717) is 0 Å². The molecule has 122 valence electrons. The molecule has 1 aromatic carbocycles. The van der Waals surface area contributed by atoms with Crippen LogP contribution in [0.5, 0.6) is 0 Å². The number of carbonyl (C=O) groups excluding carboxylic acids is 1. The summed E-state index contributed by atoms with van der Waals surface area (Å²) >= 11 is 0. The number of rotatable bonds is 3. The monoisotopic (exact) mass is 322 g/mol. The number of carbonyl (C=O) groups is 2. The number of anilines is 1. The van der Waals surface area contributed by atoms with Crippen LogP contribution in [0, 0.1) is 5.82 Å². The highest BCUT2D eigenvalue weighted by atomic mass is 19.1. The van der Waals surface area contributed by atoms with Gasteiger partial charge in [-0.1, -0.05) is 5.16 Å². The van der Waals surface area contributed by atoms with Gasteiger partial charge in [-0.3, -0.25) is 5.32 Å². The number of nitrogens with one attached hydrogen (secondary N) is 1. The highest BCUT2D eigenvalue weighted by molar-refractivity contribution is 5.94. The van der Waals surface area contributed by atoms with Crippen molar-refractivity contribution in [2.75, 3.05) is 5.32 Å². The van der Waals surface area contributed by atoms with E-state index in [1.54, 1.807) is 20.8 Å². The number of carboxylic acids is 1. The molecule has 7 nitrogen and oxygen atoms in total. The van der Waals surface area contributed by atoms with Crippen LogP contribution in [0.3, 0.4) is 0 Å². The van der Waals surface area contributed by atoms with E-state index in [1.807, 2.05) is 0 Å². The zero-order valence-electron chi connectivity index (χ0n) is 12.7. The maximum absolute atomic E-state index is 14.2. The van der Waals surface area contributed by atoms with Crippen molar-refractivity contribution in [3.63, 3.8) is 0 Å². The van der Waals surface area contributed by atoms with Gasteiger partial charge in [-0.15, -0.1) is 0 Å². The zero-order valence-corrected chi connectivity index (χ0v) is 12.7. The van der Waals surface area contributed by atoms with Crippen LogP contribution in [0.15, 0.2) is 28.9 Å². The molecule has 0 radical (unpaired) electrons. The Balaban J connectivity index is 2.23. The van der Waals surface area contributed by atoms with Crippen LogP contribution >= 0.6 is 0 Å². The van der Waals surface area contributed by atoms with Crippen LogP contribution in [-0.4, -0.2) is 27.9 Å². The van der Waals surface area contributed by atoms with Crippen molar-refractivity contribution in [1.29, 1.82) is 0 Å². The number of hydrogen-bond donors (Lipinski definition) is 2. The zero-order chi connectivity index (χ0) is 17.2. The predicted octanol–water partition coefficient (Wildman–Crippen LogP) is 3.53. The van der Waals surface area contributed by atoms with Crippen LogP contribution in [0.2, 0.25) is 0 Å². The number of hydrogen-bond acceptors (Lipinski definition) is 5. The molecule has 1 heterocycles. The molecule has 0 unspecified atom stereocenters. The normalized spacial score (nSPS) is 11.1. The van der Waals surface area contributed by atoms with Gasteiger partial charge in [-0.25, -0.2) is 14.0 Å². The maximum Gasteiger partial charge on any atom is 0.412 e. The fourth-order valence-corrected chi connectivity index (χ4v) is 1.78. The van der Waals surface area contributed by atoms with E-state index >= 15 is 0 Å². The van der Waals surface area contributed by atoms with Crippen molar-refractivity contribution in [3.8, 4) is 11.3 Å². The molecular formula is C15H15FN2O5. The first-order valence-corrected chi connectivity index (χ1v) is 6.65. The molecule has 0 atom stereocenters. The second-order valence-corrected chi connectivity index (χ2v) is 5.70. The number of ether oxygens (including phenoxy) is 1. The van der Waals surface area contributed by atoms with Gasteiger partial charge in [-0.2, -0.15) is 0 Å². The molecule has 0 saturated carbocycles. The van der Waals surface area contributed by atoms with Gasteiger partial charge in [0.2, 0.25) is 0 Å². The van der Waals surface area contributed by atoms with Crippen molar-refractivity contribution >= 4 is 17.7 Å². The van der Waals surface area contributed by atoms with Crippen molar-refractivity contribution < 1.29 is 28.3 Å². The summed E-state index contributed by atoms with van der Waals surface area (Å²) in [5.41, 5.74) is -0.845. The van der Waals surface area contributed by atoms with Gasteiger partial charge < -0.3 is 14.4 Å². The van der Waals surface area contributed by atoms with Crippen LogP contribution < -0.4 is 5.32 Å². The largest absolute Gasteiger partial charge is 0.477 e. The van der Waals surface area contributed by atoms with Crippen LogP contribution in [0.25, 0.3) is 11.3 Å². The first kappa shape index (κ1) is 16.5. The topological polar surface area (TPSA) is 102 Å². The first-order chi connectivity index (χ1) is 10.7. The fourth-order valence-electron chi connectivity index (χ4n) is 1.78. The molecular weight excluding hydrogens is 307 g/mol. The lowest BCUT2D eigenvalue weighted by molar-refractivity contribution is 0.0634. The second kappa shape index (κ2) is 6.07. The van der Waals surface area contributed by atoms with Crippen LogP contribution in [-0.2, 0) is 4.74 Å². The number of nitrogens with zero attached hydrogens (tertiary/aromatic N) is 1. The van der Waals surface area contributed by atoms with Gasteiger partial charge in [-0.05, 0) is 39.0 Å². The lowest BCUT2D eigenvalue weighted by Crippen LogP contribution is -2.27. The summed E-state index contributed by atoms with van der Waals surface area (Å²) in [5.74, 6) is -2.24. The van der Waals surface area contributed by atoms with Crippen molar-refractivity contribution in [1.82, 2.24) is 5.16 Å². The highest BCUT2D eigenvalue weighted by Gasteiger charge is 2.21. The Morgan fingerprint density at radius 3 is 2.61 bits per heavy atom. The fraction of sp³-hybridized carbons (Fsp3) is 0.267. The molecule has 1 aromatic heterocycles. The van der Waals surface area contributed by atoms with E-state index in [2.05, 4.69) is 10.5 Å². The quantitative estimate of drug-likeness (QED) is 0.896. The van der Waals surface area contributed by atoms with Gasteiger partial charge in [0.1, 0.15) is 17.0 Å². The van der Waals surface area contributed by atoms with Gasteiger partial charge in [0.15, 0.2) is 5.76 Å². The average molecular weight is 322 g/mol. The van der Waals surface area contributed by atoms with Gasteiger partial charge in [0, 0.05) is 5.69 Å². The first-order valence-electron chi connectivity index (χ1n) is 6.65. The molecule has 0 aliphatic heterocycles. The molecule has 2 N–H and O–H groups in total. The summed E-state index contributed by atoms with van der Waals surface area (Å²) in [7, 11) is 0. The number of carboxylic acid groups (broad SMARTS) is 1. The third-order valence-corrected chi connectivity index (χ3v) is 2.66. The van der Waals surface area contributed by atoms with Crippen LogP contribution in [0.4, 0.5) is 14.9 Å². The second-order valence-electron chi connectivity index (χ2n) is 5.70. The minimum absolute atomic E-state index is 0.0744. The Kier molecular flexibility index (Phi) is 4.35. The Bertz CT molecular complexity index is 749. The van der Waals surface area contributed by atoms with E-state index in [0.717, 1.165) is 12.3 Å². The predicted molar refractivity (Wildman–Crippen MR) is 78.7 cm³/mol. The third-order valence-electron chi connectivity index (χ3n) is 2.66. The summed E-state index contributed by atoms with van der Waals surface area (Å²) < 4.78 is 24.0. The van der Waals surface area contributed by atoms with Crippen LogP contribution in [0.1, 0.15) is 31.1 Å². The third kappa shape index (κ3) is 4.06. The van der Waals surface area contributed by atoms with Crippen molar-refractivity contribution in [2.24, 2.45) is 0 Å². The van der Waals surface area contributed by atoms with Crippen molar-refractivity contribution in [2.45, 2.75) is 26.4 Å².